The van der Waals surface area contributed by atoms with Gasteiger partial charge in [0.2, 0.25) is 0 Å². The standard InChI is InChI=1S/C13H18F3NO/c1-12(2,8-18)10-7-9(13(14,15)16)5-6-11(10)17(3)4/h5-7,18H,8H2,1-4H3. The molecule has 0 saturated carbocycles. The maximum absolute atomic E-state index is 12.7. The van der Waals surface area contributed by atoms with Gasteiger partial charge in [0.05, 0.1) is 12.2 Å². The van der Waals surface area contributed by atoms with Crippen molar-refractivity contribution in [2.45, 2.75) is 25.4 Å². The van der Waals surface area contributed by atoms with Gasteiger partial charge < -0.3 is 10.0 Å². The predicted molar refractivity (Wildman–Crippen MR) is 65.9 cm³/mol. The molecule has 0 atom stereocenters. The molecule has 1 N–H and O–H groups in total. The fourth-order valence-electron chi connectivity index (χ4n) is 1.73. The Hall–Kier alpha value is -1.23. The average molecular weight is 261 g/mol. The Morgan fingerprint density at radius 3 is 2.11 bits per heavy atom. The van der Waals surface area contributed by atoms with E-state index in [9.17, 15) is 18.3 Å². The second-order valence-corrected chi connectivity index (χ2v) is 5.17. The first-order chi connectivity index (χ1) is 8.09. The predicted octanol–water partition coefficient (Wildman–Crippen LogP) is 3.04. The Morgan fingerprint density at radius 2 is 1.72 bits per heavy atom. The van der Waals surface area contributed by atoms with Crippen LogP contribution in [-0.4, -0.2) is 25.8 Å². The quantitative estimate of drug-likeness (QED) is 0.904. The first kappa shape index (κ1) is 14.8. The van der Waals surface area contributed by atoms with Crippen molar-refractivity contribution in [1.82, 2.24) is 0 Å². The molecule has 5 heteroatoms. The number of rotatable bonds is 3. The number of hydrogen-bond donors (Lipinski definition) is 1. The lowest BCUT2D eigenvalue weighted by molar-refractivity contribution is -0.137. The highest BCUT2D eigenvalue weighted by atomic mass is 19.4. The summed E-state index contributed by atoms with van der Waals surface area (Å²) in [4.78, 5) is 1.74. The maximum Gasteiger partial charge on any atom is 0.416 e. The van der Waals surface area contributed by atoms with Gasteiger partial charge in [0, 0.05) is 25.2 Å². The Morgan fingerprint density at radius 1 is 1.17 bits per heavy atom. The molecule has 0 saturated heterocycles. The number of halogens is 3. The molecule has 0 radical (unpaired) electrons. The minimum Gasteiger partial charge on any atom is -0.395 e. The lowest BCUT2D eigenvalue weighted by atomic mass is 9.83. The van der Waals surface area contributed by atoms with Gasteiger partial charge in [0.1, 0.15) is 0 Å². The summed E-state index contributed by atoms with van der Waals surface area (Å²) in [5, 5.41) is 9.35. The van der Waals surface area contributed by atoms with Crippen molar-refractivity contribution < 1.29 is 18.3 Å². The largest absolute Gasteiger partial charge is 0.416 e. The van der Waals surface area contributed by atoms with Crippen molar-refractivity contribution in [3.63, 3.8) is 0 Å². The Labute approximate surface area is 105 Å². The Kier molecular flexibility index (Phi) is 3.96. The molecule has 1 aromatic carbocycles. The van der Waals surface area contributed by atoms with Crippen molar-refractivity contribution in [2.75, 3.05) is 25.6 Å². The normalized spacial score (nSPS) is 12.7. The highest BCUT2D eigenvalue weighted by molar-refractivity contribution is 5.57. The van der Waals surface area contributed by atoms with Crippen LogP contribution in [-0.2, 0) is 11.6 Å². The van der Waals surface area contributed by atoms with Crippen molar-refractivity contribution in [3.05, 3.63) is 29.3 Å². The molecule has 0 fully saturated rings. The van der Waals surface area contributed by atoms with Gasteiger partial charge in [-0.2, -0.15) is 13.2 Å². The van der Waals surface area contributed by atoms with Crippen molar-refractivity contribution in [3.8, 4) is 0 Å². The summed E-state index contributed by atoms with van der Waals surface area (Å²) < 4.78 is 38.2. The first-order valence-electron chi connectivity index (χ1n) is 5.59. The maximum atomic E-state index is 12.7. The molecule has 18 heavy (non-hydrogen) atoms. The summed E-state index contributed by atoms with van der Waals surface area (Å²) in [7, 11) is 3.53. The van der Waals surface area contributed by atoms with E-state index >= 15 is 0 Å². The zero-order valence-electron chi connectivity index (χ0n) is 11.0. The van der Waals surface area contributed by atoms with Crippen LogP contribution in [0.2, 0.25) is 0 Å². The van der Waals surface area contributed by atoms with Gasteiger partial charge in [-0.1, -0.05) is 13.8 Å². The van der Waals surface area contributed by atoms with Gasteiger partial charge in [-0.3, -0.25) is 0 Å². The fourth-order valence-corrected chi connectivity index (χ4v) is 1.73. The highest BCUT2D eigenvalue weighted by Gasteiger charge is 2.33. The van der Waals surface area contributed by atoms with Crippen LogP contribution < -0.4 is 4.90 Å². The molecule has 0 aliphatic rings. The molecule has 0 heterocycles. The number of aliphatic hydroxyl groups is 1. The Bertz CT molecular complexity index is 425. The minimum atomic E-state index is -4.37. The molecule has 0 amide bonds. The van der Waals surface area contributed by atoms with Gasteiger partial charge in [-0.05, 0) is 23.8 Å². The number of nitrogens with zero attached hydrogens (tertiary/aromatic N) is 1. The van der Waals surface area contributed by atoms with Crippen LogP contribution in [0.5, 0.6) is 0 Å². The lowest BCUT2D eigenvalue weighted by Crippen LogP contribution is -2.26. The monoisotopic (exact) mass is 261 g/mol. The molecular weight excluding hydrogens is 243 g/mol. The number of aliphatic hydroxyl groups excluding tert-OH is 1. The molecule has 0 bridgehead atoms. The van der Waals surface area contributed by atoms with Gasteiger partial charge in [0.15, 0.2) is 0 Å². The first-order valence-corrected chi connectivity index (χ1v) is 5.59. The second-order valence-electron chi connectivity index (χ2n) is 5.17. The number of alkyl halides is 3. The van der Waals surface area contributed by atoms with Crippen molar-refractivity contribution in [2.24, 2.45) is 0 Å². The average Bonchev–Trinajstić information content (AvgIpc) is 2.27. The van der Waals surface area contributed by atoms with Gasteiger partial charge in [-0.25, -0.2) is 0 Å². The van der Waals surface area contributed by atoms with E-state index < -0.39 is 17.2 Å². The van der Waals surface area contributed by atoms with E-state index in [-0.39, 0.29) is 6.61 Å². The van der Waals surface area contributed by atoms with Crippen LogP contribution in [0, 0.1) is 0 Å². The van der Waals surface area contributed by atoms with E-state index in [0.717, 1.165) is 12.1 Å². The van der Waals surface area contributed by atoms with Gasteiger partial charge in [-0.15, -0.1) is 0 Å². The third kappa shape index (κ3) is 2.96. The summed E-state index contributed by atoms with van der Waals surface area (Å²) in [6, 6.07) is 3.62. The van der Waals surface area contributed by atoms with Crippen LogP contribution >= 0.6 is 0 Å². The second kappa shape index (κ2) is 4.80. The van der Waals surface area contributed by atoms with E-state index in [4.69, 9.17) is 0 Å². The molecular formula is C13H18F3NO. The van der Waals surface area contributed by atoms with Gasteiger partial charge >= 0.3 is 6.18 Å². The smallest absolute Gasteiger partial charge is 0.395 e. The third-order valence-corrected chi connectivity index (χ3v) is 2.93. The molecule has 0 aliphatic heterocycles. The van der Waals surface area contributed by atoms with Gasteiger partial charge in [0.25, 0.3) is 0 Å². The van der Waals surface area contributed by atoms with Crippen LogP contribution in [0.4, 0.5) is 18.9 Å². The van der Waals surface area contributed by atoms with Crippen molar-refractivity contribution in [1.29, 1.82) is 0 Å². The number of benzene rings is 1. The molecule has 102 valence electrons. The van der Waals surface area contributed by atoms with Crippen LogP contribution in [0.15, 0.2) is 18.2 Å². The van der Waals surface area contributed by atoms with E-state index in [1.807, 2.05) is 0 Å². The lowest BCUT2D eigenvalue weighted by Gasteiger charge is -2.29. The summed E-state index contributed by atoms with van der Waals surface area (Å²) in [5.74, 6) is 0. The molecule has 0 unspecified atom stereocenters. The minimum absolute atomic E-state index is 0.213. The highest BCUT2D eigenvalue weighted by Crippen LogP contribution is 2.37. The molecule has 0 aliphatic carbocycles. The molecule has 0 spiro atoms. The molecule has 1 aromatic rings. The summed E-state index contributed by atoms with van der Waals surface area (Å²) in [6.07, 6.45) is -4.37. The SMILES string of the molecule is CN(C)c1ccc(C(F)(F)F)cc1C(C)(C)CO. The van der Waals surface area contributed by atoms with Crippen molar-refractivity contribution >= 4 is 5.69 Å². The number of hydrogen-bond acceptors (Lipinski definition) is 2. The van der Waals surface area contributed by atoms with Crippen LogP contribution in [0.1, 0.15) is 25.0 Å². The van der Waals surface area contributed by atoms with E-state index in [1.54, 1.807) is 32.8 Å². The molecule has 2 nitrogen and oxygen atoms in total. The third-order valence-electron chi connectivity index (χ3n) is 2.93. The molecule has 0 aromatic heterocycles. The van der Waals surface area contributed by atoms with Crippen LogP contribution in [0.25, 0.3) is 0 Å². The zero-order chi connectivity index (χ0) is 14.1. The fraction of sp³-hybridized carbons (Fsp3) is 0.538. The summed E-state index contributed by atoms with van der Waals surface area (Å²) in [6.45, 7) is 3.22. The van der Waals surface area contributed by atoms with E-state index in [1.165, 1.54) is 6.07 Å². The van der Waals surface area contributed by atoms with E-state index in [0.29, 0.717) is 11.3 Å². The van der Waals surface area contributed by atoms with Crippen LogP contribution in [0.3, 0.4) is 0 Å². The summed E-state index contributed by atoms with van der Waals surface area (Å²) in [5.41, 5.74) is -0.238. The zero-order valence-corrected chi connectivity index (χ0v) is 11.0. The summed E-state index contributed by atoms with van der Waals surface area (Å²) >= 11 is 0. The Balaban J connectivity index is 3.43. The molecule has 1 rings (SSSR count). The van der Waals surface area contributed by atoms with E-state index in [2.05, 4.69) is 0 Å². The topological polar surface area (TPSA) is 23.5 Å². The number of anilines is 1.